The molecule has 4 heteroatoms. The van der Waals surface area contributed by atoms with Crippen molar-refractivity contribution >= 4 is 16.8 Å². The molecule has 1 fully saturated rings. The molecule has 0 spiro atoms. The van der Waals surface area contributed by atoms with Gasteiger partial charge in [0.2, 0.25) is 0 Å². The van der Waals surface area contributed by atoms with Crippen LogP contribution in [0.2, 0.25) is 0 Å². The Kier molecular flexibility index (Phi) is 5.97. The average molecular weight is 308 g/mol. The van der Waals surface area contributed by atoms with E-state index in [-0.39, 0.29) is 11.2 Å². The van der Waals surface area contributed by atoms with Crippen LogP contribution in [0.3, 0.4) is 0 Å². The number of carbonyl (C=O) groups is 1. The third-order valence-corrected chi connectivity index (χ3v) is 6.07. The Morgan fingerprint density at radius 2 is 2.05 bits per heavy atom. The summed E-state index contributed by atoms with van der Waals surface area (Å²) in [6, 6.07) is 9.39. The normalized spacial score (nSPS) is 25.0. The highest BCUT2D eigenvalue weighted by molar-refractivity contribution is 7.86. The van der Waals surface area contributed by atoms with Gasteiger partial charge in [0.25, 0.3) is 0 Å². The van der Waals surface area contributed by atoms with Gasteiger partial charge in [-0.2, -0.15) is 0 Å². The van der Waals surface area contributed by atoms with Gasteiger partial charge in [-0.3, -0.25) is 9.00 Å². The Morgan fingerprint density at radius 3 is 2.67 bits per heavy atom. The first-order valence-corrected chi connectivity index (χ1v) is 9.02. The van der Waals surface area contributed by atoms with Gasteiger partial charge in [0.05, 0.1) is 6.61 Å². The quantitative estimate of drug-likeness (QED) is 0.780. The van der Waals surface area contributed by atoms with Crippen molar-refractivity contribution < 1.29 is 13.7 Å². The molecule has 1 aliphatic carbocycles. The highest BCUT2D eigenvalue weighted by Gasteiger charge is 2.35. The number of rotatable bonds is 5. The molecule has 1 aliphatic rings. The van der Waals surface area contributed by atoms with Crippen LogP contribution in [0, 0.1) is 5.92 Å². The zero-order valence-corrected chi connectivity index (χ0v) is 13.6. The Hall–Kier alpha value is -1.16. The predicted octanol–water partition coefficient (Wildman–Crippen LogP) is 3.62. The highest BCUT2D eigenvalue weighted by atomic mass is 32.2. The molecule has 0 aromatic heterocycles. The monoisotopic (exact) mass is 308 g/mol. The third kappa shape index (κ3) is 4.16. The van der Waals surface area contributed by atoms with Crippen molar-refractivity contribution in [1.82, 2.24) is 0 Å². The van der Waals surface area contributed by atoms with Crippen molar-refractivity contribution in [1.29, 1.82) is 0 Å². The number of esters is 1. The molecule has 1 aromatic rings. The molecule has 21 heavy (non-hydrogen) atoms. The summed E-state index contributed by atoms with van der Waals surface area (Å²) in [5, 5.41) is -0.551. The summed E-state index contributed by atoms with van der Waals surface area (Å²) in [6.45, 7) is 4.30. The second-order valence-corrected chi connectivity index (χ2v) is 7.56. The van der Waals surface area contributed by atoms with Crippen molar-refractivity contribution in [3.8, 4) is 0 Å². The lowest BCUT2D eigenvalue weighted by Crippen LogP contribution is -2.31. The fourth-order valence-corrected chi connectivity index (χ4v) is 4.98. The van der Waals surface area contributed by atoms with Crippen LogP contribution in [0.5, 0.6) is 0 Å². The van der Waals surface area contributed by atoms with E-state index in [1.165, 1.54) is 6.42 Å². The molecule has 0 bridgehead atoms. The van der Waals surface area contributed by atoms with E-state index in [1.807, 2.05) is 30.3 Å². The molecule has 0 heterocycles. The molecule has 0 aliphatic heterocycles. The Labute approximate surface area is 129 Å². The van der Waals surface area contributed by atoms with Gasteiger partial charge in [-0.25, -0.2) is 0 Å². The maximum absolute atomic E-state index is 13.0. The summed E-state index contributed by atoms with van der Waals surface area (Å²) in [4.78, 5) is 12.3. The number of hydrogen-bond acceptors (Lipinski definition) is 3. The van der Waals surface area contributed by atoms with Gasteiger partial charge < -0.3 is 4.74 Å². The smallest absolute Gasteiger partial charge is 0.326 e. The van der Waals surface area contributed by atoms with Crippen LogP contribution in [-0.2, 0) is 20.3 Å². The summed E-state index contributed by atoms with van der Waals surface area (Å²) in [5.74, 6) is 0.228. The lowest BCUT2D eigenvalue weighted by Gasteiger charge is -2.28. The van der Waals surface area contributed by atoms with Crippen LogP contribution < -0.4 is 0 Å². The molecule has 0 amide bonds. The van der Waals surface area contributed by atoms with Crippen LogP contribution in [0.25, 0.3) is 0 Å². The van der Waals surface area contributed by atoms with E-state index in [4.69, 9.17) is 4.74 Å². The molecule has 116 valence electrons. The lowest BCUT2D eigenvalue weighted by atomic mass is 9.90. The van der Waals surface area contributed by atoms with E-state index in [9.17, 15) is 9.00 Å². The van der Waals surface area contributed by atoms with Gasteiger partial charge in [0.15, 0.2) is 5.25 Å². The van der Waals surface area contributed by atoms with Gasteiger partial charge in [-0.1, -0.05) is 50.1 Å². The van der Waals surface area contributed by atoms with Crippen molar-refractivity contribution in [2.45, 2.75) is 50.0 Å². The van der Waals surface area contributed by atoms with Crippen LogP contribution in [0.1, 0.15) is 50.3 Å². The molecule has 1 aromatic carbocycles. The molecule has 2 rings (SSSR count). The molecule has 3 nitrogen and oxygen atoms in total. The van der Waals surface area contributed by atoms with E-state index >= 15 is 0 Å². The van der Waals surface area contributed by atoms with Crippen LogP contribution in [-0.4, -0.2) is 22.0 Å². The van der Waals surface area contributed by atoms with E-state index in [0.29, 0.717) is 12.5 Å². The van der Waals surface area contributed by atoms with Crippen molar-refractivity contribution in [2.75, 3.05) is 6.61 Å². The van der Waals surface area contributed by atoms with E-state index in [1.54, 1.807) is 6.92 Å². The van der Waals surface area contributed by atoms with Gasteiger partial charge >= 0.3 is 5.97 Å². The summed E-state index contributed by atoms with van der Waals surface area (Å²) in [6.07, 6.45) is 4.18. The minimum absolute atomic E-state index is 0.100. The number of carbonyl (C=O) groups excluding carboxylic acids is 1. The predicted molar refractivity (Wildman–Crippen MR) is 85.4 cm³/mol. The van der Waals surface area contributed by atoms with Crippen molar-refractivity contribution in [2.24, 2.45) is 5.92 Å². The first kappa shape index (κ1) is 16.2. The third-order valence-electron chi connectivity index (χ3n) is 4.05. The van der Waals surface area contributed by atoms with Crippen molar-refractivity contribution in [3.63, 3.8) is 0 Å². The average Bonchev–Trinajstić information content (AvgIpc) is 2.49. The topological polar surface area (TPSA) is 43.4 Å². The van der Waals surface area contributed by atoms with Crippen molar-refractivity contribution in [3.05, 3.63) is 35.9 Å². The Bertz CT molecular complexity index is 486. The standard InChI is InChI=1S/C17H24O3S/c1-3-20-17(18)16(14-9-5-4-6-10-14)21(19)15-11-7-8-13(2)12-15/h4-6,9-10,13,15-16H,3,7-8,11-12H2,1-2H3. The van der Waals surface area contributed by atoms with Gasteiger partial charge in [0.1, 0.15) is 0 Å². The fraction of sp³-hybridized carbons (Fsp3) is 0.588. The molecule has 0 radical (unpaired) electrons. The molecule has 4 atom stereocenters. The van der Waals surface area contributed by atoms with Gasteiger partial charge in [-0.05, 0) is 31.2 Å². The van der Waals surface area contributed by atoms with Gasteiger partial charge in [-0.15, -0.1) is 0 Å². The SMILES string of the molecule is CCOC(=O)C(c1ccccc1)S(=O)C1CCCC(C)C1. The summed E-state index contributed by atoms with van der Waals surface area (Å²) in [5.41, 5.74) is 0.799. The zero-order valence-electron chi connectivity index (χ0n) is 12.8. The van der Waals surface area contributed by atoms with Crippen LogP contribution in [0.4, 0.5) is 0 Å². The first-order chi connectivity index (χ1) is 10.1. The first-order valence-electron chi connectivity index (χ1n) is 7.74. The second-order valence-electron chi connectivity index (χ2n) is 5.77. The minimum atomic E-state index is -1.22. The lowest BCUT2D eigenvalue weighted by molar-refractivity contribution is -0.142. The largest absolute Gasteiger partial charge is 0.465 e. The molecular weight excluding hydrogens is 284 g/mol. The second kappa shape index (κ2) is 7.74. The Balaban J connectivity index is 2.22. The summed E-state index contributed by atoms with van der Waals surface area (Å²) in [7, 11) is -1.22. The maximum Gasteiger partial charge on any atom is 0.326 e. The minimum Gasteiger partial charge on any atom is -0.465 e. The van der Waals surface area contributed by atoms with Crippen LogP contribution >= 0.6 is 0 Å². The zero-order chi connectivity index (χ0) is 15.2. The van der Waals surface area contributed by atoms with Crippen LogP contribution in [0.15, 0.2) is 30.3 Å². The van der Waals surface area contributed by atoms with E-state index in [2.05, 4.69) is 6.92 Å². The van der Waals surface area contributed by atoms with E-state index in [0.717, 1.165) is 24.8 Å². The maximum atomic E-state index is 13.0. The molecule has 0 N–H and O–H groups in total. The summed E-state index contributed by atoms with van der Waals surface area (Å²) >= 11 is 0. The molecular formula is C17H24O3S. The van der Waals surface area contributed by atoms with E-state index < -0.39 is 16.0 Å². The fourth-order valence-electron chi connectivity index (χ4n) is 2.99. The number of ether oxygens (including phenoxy) is 1. The number of benzene rings is 1. The molecule has 1 saturated carbocycles. The Morgan fingerprint density at radius 1 is 1.33 bits per heavy atom. The highest BCUT2D eigenvalue weighted by Crippen LogP contribution is 2.33. The summed E-state index contributed by atoms with van der Waals surface area (Å²) < 4.78 is 18.1. The van der Waals surface area contributed by atoms with Gasteiger partial charge in [0, 0.05) is 16.0 Å². The number of hydrogen-bond donors (Lipinski definition) is 0. The molecule has 4 unspecified atom stereocenters. The molecule has 0 saturated heterocycles.